The van der Waals surface area contributed by atoms with E-state index in [9.17, 15) is 4.79 Å². The van der Waals surface area contributed by atoms with Crippen molar-refractivity contribution in [2.24, 2.45) is 0 Å². The zero-order valence-corrected chi connectivity index (χ0v) is 15.7. The summed E-state index contributed by atoms with van der Waals surface area (Å²) in [4.78, 5) is 20.7. The van der Waals surface area contributed by atoms with Gasteiger partial charge in [0.1, 0.15) is 6.04 Å². The molecule has 0 spiro atoms. The Morgan fingerprint density at radius 1 is 1.32 bits per heavy atom. The maximum Gasteiger partial charge on any atom is 0.241 e. The van der Waals surface area contributed by atoms with Crippen LogP contribution in [-0.4, -0.2) is 27.9 Å². The number of thiophene rings is 1. The van der Waals surface area contributed by atoms with E-state index < -0.39 is 0 Å². The SMILES string of the molecule is CCCC1CC(C(=O)N(Cc2ccccn2)Cc2sccc2C)NN1. The van der Waals surface area contributed by atoms with Gasteiger partial charge in [-0.25, -0.2) is 5.43 Å². The predicted molar refractivity (Wildman–Crippen MR) is 101 cm³/mol. The molecule has 0 bridgehead atoms. The predicted octanol–water partition coefficient (Wildman–Crippen LogP) is 3.02. The molecule has 3 heterocycles. The highest BCUT2D eigenvalue weighted by atomic mass is 32.1. The van der Waals surface area contributed by atoms with E-state index in [2.05, 4.69) is 41.1 Å². The molecule has 1 aliphatic heterocycles. The Hall–Kier alpha value is -1.76. The van der Waals surface area contributed by atoms with Crippen molar-refractivity contribution in [1.82, 2.24) is 20.7 Å². The monoisotopic (exact) mass is 358 g/mol. The molecule has 25 heavy (non-hydrogen) atoms. The fourth-order valence-corrected chi connectivity index (χ4v) is 4.10. The molecule has 2 atom stereocenters. The fraction of sp³-hybridized carbons (Fsp3) is 0.474. The van der Waals surface area contributed by atoms with E-state index in [4.69, 9.17) is 0 Å². The summed E-state index contributed by atoms with van der Waals surface area (Å²) in [6, 6.07) is 8.16. The lowest BCUT2D eigenvalue weighted by Gasteiger charge is -2.25. The Morgan fingerprint density at radius 3 is 2.88 bits per heavy atom. The molecule has 0 aliphatic carbocycles. The zero-order chi connectivity index (χ0) is 17.6. The molecule has 3 rings (SSSR count). The molecule has 1 saturated heterocycles. The van der Waals surface area contributed by atoms with Crippen molar-refractivity contribution in [2.45, 2.75) is 58.3 Å². The van der Waals surface area contributed by atoms with E-state index >= 15 is 0 Å². The molecule has 6 heteroatoms. The highest BCUT2D eigenvalue weighted by molar-refractivity contribution is 7.10. The molecular formula is C19H26N4OS. The number of hydrogen-bond donors (Lipinski definition) is 2. The first-order valence-corrected chi connectivity index (χ1v) is 9.78. The van der Waals surface area contributed by atoms with Crippen LogP contribution in [0.5, 0.6) is 0 Å². The second-order valence-electron chi connectivity index (χ2n) is 6.60. The Labute approximate surface area is 153 Å². The van der Waals surface area contributed by atoms with Gasteiger partial charge in [0.15, 0.2) is 0 Å². The van der Waals surface area contributed by atoms with Crippen LogP contribution in [0.4, 0.5) is 0 Å². The van der Waals surface area contributed by atoms with Gasteiger partial charge in [0.25, 0.3) is 0 Å². The highest BCUT2D eigenvalue weighted by Crippen LogP contribution is 2.21. The van der Waals surface area contributed by atoms with Crippen molar-refractivity contribution < 1.29 is 4.79 Å². The van der Waals surface area contributed by atoms with Crippen LogP contribution in [0, 0.1) is 6.92 Å². The third-order valence-electron chi connectivity index (χ3n) is 4.61. The molecule has 1 fully saturated rings. The summed E-state index contributed by atoms with van der Waals surface area (Å²) < 4.78 is 0. The van der Waals surface area contributed by atoms with Gasteiger partial charge in [0.2, 0.25) is 5.91 Å². The molecule has 0 saturated carbocycles. The van der Waals surface area contributed by atoms with Gasteiger partial charge in [0, 0.05) is 17.1 Å². The lowest BCUT2D eigenvalue weighted by Crippen LogP contribution is -2.45. The minimum atomic E-state index is -0.166. The van der Waals surface area contributed by atoms with Gasteiger partial charge in [-0.2, -0.15) is 0 Å². The number of hydrazine groups is 1. The van der Waals surface area contributed by atoms with Crippen LogP contribution >= 0.6 is 11.3 Å². The molecule has 1 amide bonds. The average molecular weight is 359 g/mol. The number of aryl methyl sites for hydroxylation is 1. The van der Waals surface area contributed by atoms with Crippen LogP contribution in [0.15, 0.2) is 35.8 Å². The van der Waals surface area contributed by atoms with Gasteiger partial charge in [0.05, 0.1) is 18.8 Å². The van der Waals surface area contributed by atoms with Gasteiger partial charge in [-0.3, -0.25) is 15.2 Å². The second-order valence-corrected chi connectivity index (χ2v) is 7.61. The van der Waals surface area contributed by atoms with Gasteiger partial charge < -0.3 is 4.90 Å². The van der Waals surface area contributed by atoms with E-state index in [-0.39, 0.29) is 11.9 Å². The van der Waals surface area contributed by atoms with Crippen molar-refractivity contribution in [3.05, 3.63) is 52.0 Å². The highest BCUT2D eigenvalue weighted by Gasteiger charge is 2.32. The van der Waals surface area contributed by atoms with Gasteiger partial charge in [-0.15, -0.1) is 11.3 Å². The number of carbonyl (C=O) groups is 1. The van der Waals surface area contributed by atoms with Crippen molar-refractivity contribution in [1.29, 1.82) is 0 Å². The quantitative estimate of drug-likeness (QED) is 0.799. The lowest BCUT2D eigenvalue weighted by molar-refractivity contribution is -0.134. The Balaban J connectivity index is 1.73. The molecule has 2 aromatic rings. The summed E-state index contributed by atoms with van der Waals surface area (Å²) in [6.07, 6.45) is 4.82. The maximum absolute atomic E-state index is 13.1. The maximum atomic E-state index is 13.1. The topological polar surface area (TPSA) is 57.3 Å². The molecular weight excluding hydrogens is 332 g/mol. The first kappa shape index (κ1) is 18.0. The van der Waals surface area contributed by atoms with Gasteiger partial charge >= 0.3 is 0 Å². The van der Waals surface area contributed by atoms with Crippen LogP contribution in [0.2, 0.25) is 0 Å². The smallest absolute Gasteiger partial charge is 0.241 e. The molecule has 1 aliphatic rings. The Bertz CT molecular complexity index is 688. The standard InChI is InChI=1S/C19H26N4OS/c1-3-6-15-11-17(22-21-15)19(24)23(12-16-7-4-5-9-20-16)13-18-14(2)8-10-25-18/h4-5,7-10,15,17,21-22H,3,6,11-13H2,1-2H3. The van der Waals surface area contributed by atoms with Crippen molar-refractivity contribution in [2.75, 3.05) is 0 Å². The summed E-state index contributed by atoms with van der Waals surface area (Å²) in [5.74, 6) is 0.143. The molecule has 2 unspecified atom stereocenters. The van der Waals surface area contributed by atoms with Crippen molar-refractivity contribution in [3.8, 4) is 0 Å². The van der Waals surface area contributed by atoms with E-state index in [1.165, 1.54) is 10.4 Å². The molecule has 5 nitrogen and oxygen atoms in total. The van der Waals surface area contributed by atoms with E-state index in [1.807, 2.05) is 23.1 Å². The molecule has 134 valence electrons. The first-order valence-electron chi connectivity index (χ1n) is 8.90. The molecule has 2 N–H and O–H groups in total. The van der Waals surface area contributed by atoms with Crippen LogP contribution < -0.4 is 10.9 Å². The summed E-state index contributed by atoms with van der Waals surface area (Å²) in [6.45, 7) is 5.44. The van der Waals surface area contributed by atoms with Crippen LogP contribution in [-0.2, 0) is 17.9 Å². The Kier molecular flexibility index (Phi) is 6.18. The minimum Gasteiger partial charge on any atom is -0.330 e. The lowest BCUT2D eigenvalue weighted by atomic mass is 10.0. The van der Waals surface area contributed by atoms with Crippen molar-refractivity contribution in [3.63, 3.8) is 0 Å². The minimum absolute atomic E-state index is 0.143. The van der Waals surface area contributed by atoms with E-state index in [1.54, 1.807) is 17.5 Å². The van der Waals surface area contributed by atoms with E-state index in [0.29, 0.717) is 19.1 Å². The number of carbonyl (C=O) groups excluding carboxylic acids is 1. The van der Waals surface area contributed by atoms with Gasteiger partial charge in [-0.05, 0) is 48.9 Å². The van der Waals surface area contributed by atoms with E-state index in [0.717, 1.165) is 25.0 Å². The fourth-order valence-electron chi connectivity index (χ4n) is 3.18. The number of amides is 1. The first-order chi connectivity index (χ1) is 12.2. The normalized spacial score (nSPS) is 19.9. The summed E-state index contributed by atoms with van der Waals surface area (Å²) in [7, 11) is 0. The number of nitrogens with zero attached hydrogens (tertiary/aromatic N) is 2. The number of pyridine rings is 1. The summed E-state index contributed by atoms with van der Waals surface area (Å²) in [5, 5.41) is 2.08. The third-order valence-corrected chi connectivity index (χ3v) is 5.62. The number of hydrogen-bond acceptors (Lipinski definition) is 5. The average Bonchev–Trinajstić information content (AvgIpc) is 3.24. The summed E-state index contributed by atoms with van der Waals surface area (Å²) >= 11 is 1.71. The number of rotatable bonds is 7. The van der Waals surface area contributed by atoms with Gasteiger partial charge in [-0.1, -0.05) is 19.4 Å². The number of aromatic nitrogens is 1. The Morgan fingerprint density at radius 2 is 2.20 bits per heavy atom. The number of nitrogens with one attached hydrogen (secondary N) is 2. The second kappa shape index (κ2) is 8.56. The van der Waals surface area contributed by atoms with Crippen LogP contribution in [0.25, 0.3) is 0 Å². The largest absolute Gasteiger partial charge is 0.330 e. The molecule has 0 radical (unpaired) electrons. The van der Waals surface area contributed by atoms with Crippen LogP contribution in [0.3, 0.4) is 0 Å². The molecule has 0 aromatic carbocycles. The summed E-state index contributed by atoms with van der Waals surface area (Å²) in [5.41, 5.74) is 8.62. The third kappa shape index (κ3) is 4.66. The van der Waals surface area contributed by atoms with Crippen molar-refractivity contribution >= 4 is 17.2 Å². The molecule has 2 aromatic heterocycles. The zero-order valence-electron chi connectivity index (χ0n) is 14.9. The van der Waals surface area contributed by atoms with Crippen LogP contribution in [0.1, 0.15) is 42.3 Å².